The van der Waals surface area contributed by atoms with Crippen molar-refractivity contribution in [2.45, 2.75) is 19.8 Å². The molecule has 7 nitrogen and oxygen atoms in total. The average Bonchev–Trinajstić information content (AvgIpc) is 3.16. The van der Waals surface area contributed by atoms with Gasteiger partial charge in [0.1, 0.15) is 5.82 Å². The number of aromatic amines is 1. The molecule has 1 aromatic heterocycles. The fraction of sp³-hybridized carbons (Fsp3) is 0.208. The van der Waals surface area contributed by atoms with Crippen molar-refractivity contribution < 1.29 is 9.90 Å². The van der Waals surface area contributed by atoms with E-state index >= 15 is 0 Å². The highest BCUT2D eigenvalue weighted by atomic mass is 16.4. The molecule has 7 heteroatoms. The molecule has 0 fully saturated rings. The number of carboxylic acid groups (broad SMARTS) is 1. The van der Waals surface area contributed by atoms with Crippen LogP contribution in [0.3, 0.4) is 0 Å². The maximum Gasteiger partial charge on any atom is 0.411 e. The van der Waals surface area contributed by atoms with Gasteiger partial charge in [-0.25, -0.2) is 9.78 Å². The van der Waals surface area contributed by atoms with Crippen LogP contribution in [0.4, 0.5) is 10.5 Å². The highest BCUT2D eigenvalue weighted by Gasteiger charge is 2.23. The zero-order valence-electron chi connectivity index (χ0n) is 17.5. The molecule has 1 aliphatic rings. The summed E-state index contributed by atoms with van der Waals surface area (Å²) in [6.45, 7) is 2.57. The Bertz CT molecular complexity index is 1230. The number of nitriles is 1. The quantitative estimate of drug-likeness (QED) is 0.639. The number of carbonyl (C=O) groups is 1. The van der Waals surface area contributed by atoms with E-state index in [1.54, 1.807) is 19.2 Å². The lowest BCUT2D eigenvalue weighted by Gasteiger charge is -2.33. The molecular weight excluding hydrogens is 390 g/mol. The van der Waals surface area contributed by atoms with E-state index < -0.39 is 6.09 Å². The molecule has 3 aromatic rings. The van der Waals surface area contributed by atoms with Gasteiger partial charge in [0.05, 0.1) is 28.4 Å². The molecule has 0 bridgehead atoms. The minimum atomic E-state index is -1.00. The first-order valence-electron chi connectivity index (χ1n) is 10.1. The van der Waals surface area contributed by atoms with Gasteiger partial charge in [0.2, 0.25) is 0 Å². The van der Waals surface area contributed by atoms with E-state index in [1.807, 2.05) is 43.3 Å². The number of nitrogens with zero attached hydrogens (tertiary/aromatic N) is 4. The summed E-state index contributed by atoms with van der Waals surface area (Å²) < 4.78 is 0. The van der Waals surface area contributed by atoms with Gasteiger partial charge in [-0.05, 0) is 61.7 Å². The molecule has 2 heterocycles. The van der Waals surface area contributed by atoms with Gasteiger partial charge in [0, 0.05) is 25.0 Å². The highest BCUT2D eigenvalue weighted by Crippen LogP contribution is 2.31. The van der Waals surface area contributed by atoms with Gasteiger partial charge >= 0.3 is 6.09 Å². The van der Waals surface area contributed by atoms with Crippen LogP contribution in [0.1, 0.15) is 23.4 Å². The lowest BCUT2D eigenvalue weighted by Crippen LogP contribution is -2.33. The van der Waals surface area contributed by atoms with Crippen molar-refractivity contribution in [3.63, 3.8) is 0 Å². The van der Waals surface area contributed by atoms with Gasteiger partial charge in [-0.1, -0.05) is 18.2 Å². The van der Waals surface area contributed by atoms with E-state index in [9.17, 15) is 9.90 Å². The minimum Gasteiger partial charge on any atom is -0.465 e. The molecule has 156 valence electrons. The van der Waals surface area contributed by atoms with Crippen molar-refractivity contribution in [2.75, 3.05) is 18.5 Å². The van der Waals surface area contributed by atoms with Crippen molar-refractivity contribution in [3.8, 4) is 6.07 Å². The monoisotopic (exact) mass is 413 g/mol. The van der Waals surface area contributed by atoms with E-state index in [-0.39, 0.29) is 0 Å². The Balaban J connectivity index is 1.70. The topological polar surface area (TPSA) is 96.2 Å². The predicted molar refractivity (Wildman–Crippen MR) is 120 cm³/mol. The molecule has 0 atom stereocenters. The summed E-state index contributed by atoms with van der Waals surface area (Å²) in [6, 6.07) is 15.7. The molecule has 31 heavy (non-hydrogen) atoms. The molecule has 0 aliphatic carbocycles. The van der Waals surface area contributed by atoms with Gasteiger partial charge in [0.15, 0.2) is 0 Å². The molecule has 0 spiro atoms. The van der Waals surface area contributed by atoms with Gasteiger partial charge in [-0.3, -0.25) is 4.90 Å². The third-order valence-electron chi connectivity index (χ3n) is 5.46. The van der Waals surface area contributed by atoms with E-state index in [0.717, 1.165) is 40.2 Å². The van der Waals surface area contributed by atoms with Crippen LogP contribution in [0.2, 0.25) is 0 Å². The second-order valence-electron chi connectivity index (χ2n) is 7.52. The molecular formula is C24H23N5O2. The maximum absolute atomic E-state index is 11.7. The van der Waals surface area contributed by atoms with E-state index in [0.29, 0.717) is 24.2 Å². The van der Waals surface area contributed by atoms with Crippen LogP contribution in [0.25, 0.3) is 11.0 Å². The van der Waals surface area contributed by atoms with Crippen LogP contribution in [-0.4, -0.2) is 39.7 Å². The maximum atomic E-state index is 11.7. The number of H-pyrrole nitrogens is 1. The number of nitrogens with one attached hydrogen (secondary N) is 1. The minimum absolute atomic E-state index is 0.625. The van der Waals surface area contributed by atoms with E-state index in [2.05, 4.69) is 27.0 Å². The number of imidazole rings is 1. The Kier molecular flexibility index (Phi) is 5.46. The second kappa shape index (κ2) is 8.36. The lowest BCUT2D eigenvalue weighted by atomic mass is 10.0. The van der Waals surface area contributed by atoms with Crippen molar-refractivity contribution in [1.29, 1.82) is 5.26 Å². The Labute approximate surface area is 180 Å². The second-order valence-corrected chi connectivity index (χ2v) is 7.52. The number of aryl methyl sites for hydroxylation is 2. The summed E-state index contributed by atoms with van der Waals surface area (Å²) in [6.07, 6.45) is 4.23. The van der Waals surface area contributed by atoms with Crippen LogP contribution in [-0.2, 0) is 6.42 Å². The van der Waals surface area contributed by atoms with Crippen molar-refractivity contribution in [1.82, 2.24) is 14.9 Å². The number of aromatic nitrogens is 2. The summed E-state index contributed by atoms with van der Waals surface area (Å²) in [4.78, 5) is 22.8. The van der Waals surface area contributed by atoms with Crippen LogP contribution in [0, 0.1) is 18.3 Å². The molecule has 2 aromatic carbocycles. The normalized spacial score (nSPS) is 13.5. The molecule has 1 aliphatic heterocycles. The third kappa shape index (κ3) is 4.14. The summed E-state index contributed by atoms with van der Waals surface area (Å²) in [5, 5.41) is 18.6. The lowest BCUT2D eigenvalue weighted by molar-refractivity contribution is 0.167. The van der Waals surface area contributed by atoms with Gasteiger partial charge < -0.3 is 15.0 Å². The highest BCUT2D eigenvalue weighted by molar-refractivity contribution is 5.80. The van der Waals surface area contributed by atoms with E-state index in [1.165, 1.54) is 4.90 Å². The molecule has 4 rings (SSSR count). The first kappa shape index (κ1) is 20.2. The smallest absolute Gasteiger partial charge is 0.411 e. The Morgan fingerprint density at radius 2 is 2.03 bits per heavy atom. The van der Waals surface area contributed by atoms with Crippen LogP contribution < -0.4 is 4.90 Å². The zero-order valence-corrected chi connectivity index (χ0v) is 17.5. The molecule has 1 amide bonds. The Morgan fingerprint density at radius 1 is 1.26 bits per heavy atom. The summed E-state index contributed by atoms with van der Waals surface area (Å²) in [5.41, 5.74) is 6.15. The largest absolute Gasteiger partial charge is 0.465 e. The van der Waals surface area contributed by atoms with Crippen molar-refractivity contribution in [3.05, 3.63) is 83.0 Å². The fourth-order valence-electron chi connectivity index (χ4n) is 3.85. The molecule has 2 N–H and O–H groups in total. The van der Waals surface area contributed by atoms with E-state index in [4.69, 9.17) is 5.26 Å². The van der Waals surface area contributed by atoms with Crippen LogP contribution in [0.5, 0.6) is 0 Å². The first-order chi connectivity index (χ1) is 15.0. The summed E-state index contributed by atoms with van der Waals surface area (Å²) in [5.74, 6) is 0.855. The number of benzene rings is 2. The van der Waals surface area contributed by atoms with Gasteiger partial charge in [-0.2, -0.15) is 5.26 Å². The van der Waals surface area contributed by atoms with Gasteiger partial charge in [0.25, 0.3) is 0 Å². The molecule has 0 saturated carbocycles. The Hall–Kier alpha value is -4.05. The SMILES string of the molecule is Cc1nc2ccc(N3CC=CC(N(C)C(=O)O)=C3CCc3ccc(C#N)cc3)cc2[nH]1. The first-order valence-corrected chi connectivity index (χ1v) is 10.1. The number of hydrogen-bond acceptors (Lipinski definition) is 4. The number of likely N-dealkylation sites (N-methyl/N-ethyl adjacent to an activating group) is 1. The standard InChI is InChI=1S/C24H23N5O2/c1-16-26-20-11-10-19(14-21(20)27-16)29-13-3-4-22(28(2)24(30)31)23(29)12-9-17-5-7-18(15-25)8-6-17/h3-8,10-11,14H,9,12-13H2,1-2H3,(H,26,27)(H,30,31). The zero-order chi connectivity index (χ0) is 22.0. The number of amides is 1. The van der Waals surface area contributed by atoms with Crippen molar-refractivity contribution in [2.24, 2.45) is 0 Å². The number of anilines is 1. The summed E-state index contributed by atoms with van der Waals surface area (Å²) >= 11 is 0. The summed E-state index contributed by atoms with van der Waals surface area (Å²) in [7, 11) is 1.56. The predicted octanol–water partition coefficient (Wildman–Crippen LogP) is 4.57. The number of fused-ring (bicyclic) bond motifs is 1. The van der Waals surface area contributed by atoms with Crippen LogP contribution >= 0.6 is 0 Å². The van der Waals surface area contributed by atoms with Crippen molar-refractivity contribution >= 4 is 22.8 Å². The average molecular weight is 413 g/mol. The number of rotatable bonds is 5. The third-order valence-corrected chi connectivity index (χ3v) is 5.46. The molecule has 0 unspecified atom stereocenters. The number of hydrogen-bond donors (Lipinski definition) is 2. The Morgan fingerprint density at radius 3 is 2.74 bits per heavy atom. The number of allylic oxidation sites excluding steroid dienone is 2. The fourth-order valence-corrected chi connectivity index (χ4v) is 3.85. The molecule has 0 radical (unpaired) electrons. The molecule has 0 saturated heterocycles. The van der Waals surface area contributed by atoms with Gasteiger partial charge in [-0.15, -0.1) is 0 Å². The van der Waals surface area contributed by atoms with Crippen LogP contribution in [0.15, 0.2) is 66.0 Å².